The molecule has 5 heteroatoms. The van der Waals surface area contributed by atoms with Gasteiger partial charge in [0.2, 0.25) is 5.91 Å². The molecule has 1 fully saturated rings. The van der Waals surface area contributed by atoms with Gasteiger partial charge in [0, 0.05) is 38.4 Å². The van der Waals surface area contributed by atoms with Gasteiger partial charge < -0.3 is 15.0 Å². The number of aryl methyl sites for hydroxylation is 1. The van der Waals surface area contributed by atoms with Crippen LogP contribution in [0.15, 0.2) is 47.4 Å². The minimum absolute atomic E-state index is 0.0597. The third kappa shape index (κ3) is 4.57. The summed E-state index contributed by atoms with van der Waals surface area (Å²) in [4.78, 5) is 23.0. The molecular formula is C20H24N2O3. The lowest BCUT2D eigenvalue weighted by Gasteiger charge is -2.22. The molecular weight excluding hydrogens is 316 g/mol. The smallest absolute Gasteiger partial charge is 0.251 e. The molecule has 132 valence electrons. The number of benzene rings is 1. The fourth-order valence-corrected chi connectivity index (χ4v) is 3.27. The normalized spacial score (nSPS) is 15.2. The van der Waals surface area contributed by atoms with Gasteiger partial charge in [0.05, 0.1) is 0 Å². The van der Waals surface area contributed by atoms with E-state index in [0.717, 1.165) is 37.2 Å². The topological polar surface area (TPSA) is 74.3 Å². The minimum atomic E-state index is -0.339. The SMILES string of the molecule is NC(=O)CCCn1ccc(-c2ccc(C3CCOCC3)cc2)cc1=O. The number of ether oxygens (including phenoxy) is 1. The van der Waals surface area contributed by atoms with Crippen LogP contribution in [0, 0.1) is 0 Å². The number of primary amides is 1. The van der Waals surface area contributed by atoms with Crippen LogP contribution in [0.4, 0.5) is 0 Å². The van der Waals surface area contributed by atoms with Gasteiger partial charge in [-0.3, -0.25) is 9.59 Å². The second-order valence-corrected chi connectivity index (χ2v) is 6.53. The van der Waals surface area contributed by atoms with Crippen molar-refractivity contribution in [2.75, 3.05) is 13.2 Å². The molecule has 0 aliphatic carbocycles. The summed E-state index contributed by atoms with van der Waals surface area (Å²) < 4.78 is 7.03. The first-order chi connectivity index (χ1) is 12.1. The average Bonchev–Trinajstić information content (AvgIpc) is 2.64. The van der Waals surface area contributed by atoms with Crippen molar-refractivity contribution in [3.63, 3.8) is 0 Å². The summed E-state index contributed by atoms with van der Waals surface area (Å²) in [5.74, 6) is 0.232. The van der Waals surface area contributed by atoms with Gasteiger partial charge in [0.15, 0.2) is 0 Å². The molecule has 2 heterocycles. The number of carbonyl (C=O) groups is 1. The molecule has 1 amide bonds. The van der Waals surface area contributed by atoms with Crippen LogP contribution >= 0.6 is 0 Å². The summed E-state index contributed by atoms with van der Waals surface area (Å²) in [5, 5.41) is 0. The summed E-state index contributed by atoms with van der Waals surface area (Å²) in [6, 6.07) is 12.1. The Morgan fingerprint density at radius 1 is 1.12 bits per heavy atom. The van der Waals surface area contributed by atoms with Crippen molar-refractivity contribution in [2.45, 2.75) is 38.1 Å². The number of nitrogens with zero attached hydrogens (tertiary/aromatic N) is 1. The molecule has 1 saturated heterocycles. The van der Waals surface area contributed by atoms with Crippen LogP contribution in [0.1, 0.15) is 37.2 Å². The van der Waals surface area contributed by atoms with Crippen molar-refractivity contribution >= 4 is 5.91 Å². The zero-order valence-corrected chi connectivity index (χ0v) is 14.3. The van der Waals surface area contributed by atoms with Crippen LogP contribution < -0.4 is 11.3 Å². The van der Waals surface area contributed by atoms with E-state index < -0.39 is 0 Å². The highest BCUT2D eigenvalue weighted by molar-refractivity contribution is 5.73. The maximum Gasteiger partial charge on any atom is 0.251 e. The van der Waals surface area contributed by atoms with Crippen LogP contribution in [0.25, 0.3) is 11.1 Å². The van der Waals surface area contributed by atoms with E-state index in [1.165, 1.54) is 5.56 Å². The lowest BCUT2D eigenvalue weighted by atomic mass is 9.90. The molecule has 0 spiro atoms. The number of hydrogen-bond donors (Lipinski definition) is 1. The zero-order valence-electron chi connectivity index (χ0n) is 14.3. The van der Waals surface area contributed by atoms with Gasteiger partial charge in [-0.2, -0.15) is 0 Å². The van der Waals surface area contributed by atoms with E-state index >= 15 is 0 Å². The Labute approximate surface area is 147 Å². The van der Waals surface area contributed by atoms with Crippen LogP contribution in [0.5, 0.6) is 0 Å². The van der Waals surface area contributed by atoms with Gasteiger partial charge >= 0.3 is 0 Å². The third-order valence-corrected chi connectivity index (χ3v) is 4.76. The van der Waals surface area contributed by atoms with Gasteiger partial charge in [-0.1, -0.05) is 24.3 Å². The highest BCUT2D eigenvalue weighted by atomic mass is 16.5. The number of aromatic nitrogens is 1. The van der Waals surface area contributed by atoms with E-state index in [4.69, 9.17) is 10.5 Å². The molecule has 2 aromatic rings. The van der Waals surface area contributed by atoms with E-state index in [9.17, 15) is 9.59 Å². The molecule has 2 N–H and O–H groups in total. The second kappa shape index (κ2) is 8.12. The average molecular weight is 340 g/mol. The molecule has 0 saturated carbocycles. The van der Waals surface area contributed by atoms with Gasteiger partial charge in [-0.25, -0.2) is 0 Å². The molecule has 0 unspecified atom stereocenters. The van der Waals surface area contributed by atoms with Crippen molar-refractivity contribution in [3.8, 4) is 11.1 Å². The molecule has 0 atom stereocenters. The van der Waals surface area contributed by atoms with E-state index in [-0.39, 0.29) is 11.5 Å². The third-order valence-electron chi connectivity index (χ3n) is 4.76. The quantitative estimate of drug-likeness (QED) is 0.878. The molecule has 0 bridgehead atoms. The van der Waals surface area contributed by atoms with Crippen LogP contribution in [0.2, 0.25) is 0 Å². The number of rotatable bonds is 6. The Hall–Kier alpha value is -2.40. The van der Waals surface area contributed by atoms with E-state index in [1.807, 2.05) is 6.07 Å². The standard InChI is InChI=1S/C20H24N2O3/c21-19(23)2-1-10-22-11-7-18(14-20(22)24)16-5-3-15(4-6-16)17-8-12-25-13-9-17/h3-7,11,14,17H,1-2,8-10,12-13H2,(H2,21,23). The summed E-state index contributed by atoms with van der Waals surface area (Å²) in [6.45, 7) is 2.17. The molecule has 1 aromatic heterocycles. The molecule has 25 heavy (non-hydrogen) atoms. The van der Waals surface area contributed by atoms with Crippen LogP contribution in [-0.2, 0) is 16.1 Å². The van der Waals surface area contributed by atoms with Crippen LogP contribution in [0.3, 0.4) is 0 Å². The monoisotopic (exact) mass is 340 g/mol. The van der Waals surface area contributed by atoms with Crippen molar-refractivity contribution in [1.29, 1.82) is 0 Å². The summed E-state index contributed by atoms with van der Waals surface area (Å²) in [7, 11) is 0. The number of pyridine rings is 1. The van der Waals surface area contributed by atoms with Gasteiger partial charge in [-0.05, 0) is 47.9 Å². The van der Waals surface area contributed by atoms with E-state index in [0.29, 0.717) is 25.3 Å². The highest BCUT2D eigenvalue weighted by Crippen LogP contribution is 2.28. The number of carbonyl (C=O) groups excluding carboxylic acids is 1. The maximum absolute atomic E-state index is 12.2. The van der Waals surface area contributed by atoms with Gasteiger partial charge in [0.25, 0.3) is 5.56 Å². The Balaban J connectivity index is 1.70. The van der Waals surface area contributed by atoms with Crippen molar-refractivity contribution < 1.29 is 9.53 Å². The Bertz CT molecular complexity index is 774. The molecule has 5 nitrogen and oxygen atoms in total. The van der Waals surface area contributed by atoms with Crippen LogP contribution in [-0.4, -0.2) is 23.7 Å². The van der Waals surface area contributed by atoms with Crippen molar-refractivity contribution in [1.82, 2.24) is 4.57 Å². The number of nitrogens with two attached hydrogens (primary N) is 1. The molecule has 0 radical (unpaired) electrons. The molecule has 1 aliphatic rings. The molecule has 1 aliphatic heterocycles. The van der Waals surface area contributed by atoms with Gasteiger partial charge in [-0.15, -0.1) is 0 Å². The number of amides is 1. The lowest BCUT2D eigenvalue weighted by Crippen LogP contribution is -2.20. The maximum atomic E-state index is 12.2. The summed E-state index contributed by atoms with van der Waals surface area (Å²) in [6.07, 6.45) is 4.79. The predicted molar refractivity (Wildman–Crippen MR) is 97.4 cm³/mol. The zero-order chi connectivity index (χ0) is 17.6. The first kappa shape index (κ1) is 17.4. The largest absolute Gasteiger partial charge is 0.381 e. The Kier molecular flexibility index (Phi) is 5.66. The predicted octanol–water partition coefficient (Wildman–Crippen LogP) is 2.67. The Morgan fingerprint density at radius 2 is 1.84 bits per heavy atom. The van der Waals surface area contributed by atoms with Gasteiger partial charge in [0.1, 0.15) is 0 Å². The first-order valence-corrected chi connectivity index (χ1v) is 8.80. The lowest BCUT2D eigenvalue weighted by molar-refractivity contribution is -0.118. The summed E-state index contributed by atoms with van der Waals surface area (Å²) in [5.41, 5.74) is 8.36. The number of hydrogen-bond acceptors (Lipinski definition) is 3. The molecule has 1 aromatic carbocycles. The first-order valence-electron chi connectivity index (χ1n) is 8.80. The fourth-order valence-electron chi connectivity index (χ4n) is 3.27. The molecule has 3 rings (SSSR count). The van der Waals surface area contributed by atoms with E-state index in [2.05, 4.69) is 24.3 Å². The second-order valence-electron chi connectivity index (χ2n) is 6.53. The van der Waals surface area contributed by atoms with Crippen molar-refractivity contribution in [3.05, 3.63) is 58.5 Å². The summed E-state index contributed by atoms with van der Waals surface area (Å²) >= 11 is 0. The van der Waals surface area contributed by atoms with Crippen molar-refractivity contribution in [2.24, 2.45) is 5.73 Å². The fraction of sp³-hybridized carbons (Fsp3) is 0.400. The Morgan fingerprint density at radius 3 is 2.48 bits per heavy atom. The highest BCUT2D eigenvalue weighted by Gasteiger charge is 2.15. The minimum Gasteiger partial charge on any atom is -0.381 e. The van der Waals surface area contributed by atoms with E-state index in [1.54, 1.807) is 16.8 Å².